The molecule has 0 unspecified atom stereocenters. The molecule has 0 aliphatic heterocycles. The number of nitrogens with one attached hydrogen (secondary N) is 2. The van der Waals surface area contributed by atoms with E-state index >= 15 is 0 Å². The lowest BCUT2D eigenvalue weighted by atomic mass is 9.95. The van der Waals surface area contributed by atoms with Gasteiger partial charge in [0.15, 0.2) is 11.5 Å². The summed E-state index contributed by atoms with van der Waals surface area (Å²) >= 11 is 0. The largest absolute Gasteiger partial charge is 0.493 e. The second-order valence-corrected chi connectivity index (χ2v) is 9.30. The molecule has 8 heteroatoms. The number of hydrogen-bond donors (Lipinski definition) is 3. The minimum absolute atomic E-state index is 0.184. The second kappa shape index (κ2) is 13.2. The smallest absolute Gasteiger partial charge is 0.251 e. The summed E-state index contributed by atoms with van der Waals surface area (Å²) in [5.74, 6) is 1.32. The van der Waals surface area contributed by atoms with Gasteiger partial charge in [-0.2, -0.15) is 0 Å². The zero-order valence-corrected chi connectivity index (χ0v) is 22.9. The summed E-state index contributed by atoms with van der Waals surface area (Å²) < 4.78 is 21.7. The quantitative estimate of drug-likeness (QED) is 0.214. The molecule has 0 bridgehead atoms. The number of aromatic amines is 1. The van der Waals surface area contributed by atoms with E-state index in [-0.39, 0.29) is 12.5 Å². The maximum absolute atomic E-state index is 13.7. The van der Waals surface area contributed by atoms with Crippen molar-refractivity contribution in [2.45, 2.75) is 25.3 Å². The van der Waals surface area contributed by atoms with Crippen LogP contribution < -0.4 is 19.5 Å². The van der Waals surface area contributed by atoms with Crippen molar-refractivity contribution < 1.29 is 28.8 Å². The lowest BCUT2D eigenvalue weighted by Crippen LogP contribution is -2.39. The first kappa shape index (κ1) is 28.0. The van der Waals surface area contributed by atoms with Crippen LogP contribution in [0.15, 0.2) is 60.8 Å². The number of H-pyrrole nitrogens is 1. The monoisotopic (exact) mass is 532 g/mol. The van der Waals surface area contributed by atoms with Gasteiger partial charge in [-0.05, 0) is 65.8 Å². The van der Waals surface area contributed by atoms with Crippen LogP contribution in [0.3, 0.4) is 0 Å². The Balaban J connectivity index is 1.65. The number of rotatable bonds is 13. The summed E-state index contributed by atoms with van der Waals surface area (Å²) in [5, 5.41) is 14.3. The van der Waals surface area contributed by atoms with Gasteiger partial charge < -0.3 is 34.4 Å². The Labute approximate surface area is 228 Å². The first-order chi connectivity index (χ1) is 19.0. The van der Waals surface area contributed by atoms with Gasteiger partial charge in [0.2, 0.25) is 5.75 Å². The number of aryl methyl sites for hydroxylation is 1. The van der Waals surface area contributed by atoms with Gasteiger partial charge in [-0.15, -0.1) is 0 Å². The van der Waals surface area contributed by atoms with Crippen LogP contribution in [-0.2, 0) is 17.6 Å². The molecule has 206 valence electrons. The van der Waals surface area contributed by atoms with Gasteiger partial charge in [0.05, 0.1) is 34.0 Å². The van der Waals surface area contributed by atoms with Crippen molar-refractivity contribution in [3.05, 3.63) is 77.5 Å². The van der Waals surface area contributed by atoms with Crippen LogP contribution >= 0.6 is 0 Å². The molecule has 3 N–H and O–H groups in total. The Morgan fingerprint density at radius 3 is 2.33 bits per heavy atom. The minimum Gasteiger partial charge on any atom is -0.493 e. The predicted molar refractivity (Wildman–Crippen MR) is 152 cm³/mol. The van der Waals surface area contributed by atoms with E-state index in [0.29, 0.717) is 42.3 Å². The molecule has 39 heavy (non-hydrogen) atoms. The number of para-hydroxylation sites is 1. The Morgan fingerprint density at radius 2 is 1.67 bits per heavy atom. The van der Waals surface area contributed by atoms with E-state index in [0.717, 1.165) is 39.6 Å². The zero-order valence-electron chi connectivity index (χ0n) is 22.9. The highest BCUT2D eigenvalue weighted by molar-refractivity contribution is 5.97. The summed E-state index contributed by atoms with van der Waals surface area (Å²) in [6.07, 6.45) is 3.88. The van der Waals surface area contributed by atoms with Crippen LogP contribution in [0.5, 0.6) is 17.2 Å². The van der Waals surface area contributed by atoms with Crippen LogP contribution in [0, 0.1) is 0 Å². The molecular formula is C31H36N2O6. The molecule has 0 radical (unpaired) electrons. The first-order valence-corrected chi connectivity index (χ1v) is 12.9. The molecular weight excluding hydrogens is 496 g/mol. The molecule has 0 aliphatic rings. The molecule has 1 amide bonds. The summed E-state index contributed by atoms with van der Waals surface area (Å²) in [4.78, 5) is 16.9. The Bertz CT molecular complexity index is 1390. The fourth-order valence-corrected chi connectivity index (χ4v) is 4.83. The third-order valence-electron chi connectivity index (χ3n) is 6.84. The SMILES string of the molecule is COCCCc1ccc(-c2cc(OC)c(OC)c(OC)c2)cc1C(=O)N[C@@H](CO)Cc1c[nH]c2ccccc12. The van der Waals surface area contributed by atoms with Gasteiger partial charge in [-0.3, -0.25) is 4.79 Å². The number of fused-ring (bicyclic) bond motifs is 1. The lowest BCUT2D eigenvalue weighted by molar-refractivity contribution is 0.0915. The van der Waals surface area contributed by atoms with Crippen LogP contribution in [0.25, 0.3) is 22.0 Å². The Hall–Kier alpha value is -4.01. The number of carbonyl (C=O) groups is 1. The molecule has 1 atom stereocenters. The number of amides is 1. The molecule has 1 heterocycles. The Kier molecular flexibility index (Phi) is 9.46. The fourth-order valence-electron chi connectivity index (χ4n) is 4.83. The maximum atomic E-state index is 13.7. The highest BCUT2D eigenvalue weighted by Gasteiger charge is 2.20. The lowest BCUT2D eigenvalue weighted by Gasteiger charge is -2.19. The molecule has 4 aromatic rings. The van der Waals surface area contributed by atoms with E-state index in [4.69, 9.17) is 18.9 Å². The van der Waals surface area contributed by atoms with Gasteiger partial charge in [0.1, 0.15) is 0 Å². The van der Waals surface area contributed by atoms with Crippen LogP contribution in [0.4, 0.5) is 0 Å². The molecule has 0 fully saturated rings. The number of benzene rings is 3. The number of ether oxygens (including phenoxy) is 4. The van der Waals surface area contributed by atoms with Gasteiger partial charge in [0, 0.05) is 36.4 Å². The average Bonchev–Trinajstić information content (AvgIpc) is 3.38. The first-order valence-electron chi connectivity index (χ1n) is 12.9. The van der Waals surface area contributed by atoms with Crippen molar-refractivity contribution in [1.29, 1.82) is 0 Å². The summed E-state index contributed by atoms with van der Waals surface area (Å²) in [6.45, 7) is 0.409. The topological polar surface area (TPSA) is 102 Å². The highest BCUT2D eigenvalue weighted by Crippen LogP contribution is 2.41. The van der Waals surface area contributed by atoms with E-state index in [2.05, 4.69) is 10.3 Å². The number of carbonyl (C=O) groups excluding carboxylic acids is 1. The van der Waals surface area contributed by atoms with E-state index in [1.54, 1.807) is 28.4 Å². The Morgan fingerprint density at radius 1 is 0.923 bits per heavy atom. The normalized spacial score (nSPS) is 11.8. The number of aliphatic hydroxyl groups excluding tert-OH is 1. The van der Waals surface area contributed by atoms with E-state index < -0.39 is 6.04 Å². The maximum Gasteiger partial charge on any atom is 0.251 e. The number of hydrogen-bond acceptors (Lipinski definition) is 6. The van der Waals surface area contributed by atoms with Gasteiger partial charge >= 0.3 is 0 Å². The number of aromatic nitrogens is 1. The summed E-state index contributed by atoms with van der Waals surface area (Å²) in [6, 6.07) is 17.1. The molecule has 8 nitrogen and oxygen atoms in total. The van der Waals surface area contributed by atoms with Crippen molar-refractivity contribution in [2.24, 2.45) is 0 Å². The molecule has 0 spiro atoms. The minimum atomic E-state index is -0.451. The molecule has 0 aliphatic carbocycles. The van der Waals surface area contributed by atoms with E-state index in [1.807, 2.05) is 60.8 Å². The third-order valence-corrected chi connectivity index (χ3v) is 6.84. The summed E-state index contributed by atoms with van der Waals surface area (Å²) in [7, 11) is 6.37. The molecule has 3 aromatic carbocycles. The van der Waals surface area contributed by atoms with Crippen LogP contribution in [-0.4, -0.2) is 63.7 Å². The molecule has 0 saturated carbocycles. The molecule has 0 saturated heterocycles. The van der Waals surface area contributed by atoms with Gasteiger partial charge in [0.25, 0.3) is 5.91 Å². The van der Waals surface area contributed by atoms with Crippen LogP contribution in [0.1, 0.15) is 27.9 Å². The fraction of sp³-hybridized carbons (Fsp3) is 0.323. The van der Waals surface area contributed by atoms with Crippen molar-refractivity contribution in [2.75, 3.05) is 41.7 Å². The van der Waals surface area contributed by atoms with Crippen molar-refractivity contribution in [3.8, 4) is 28.4 Å². The molecule has 1 aromatic heterocycles. The van der Waals surface area contributed by atoms with E-state index in [9.17, 15) is 9.90 Å². The number of aliphatic hydroxyl groups is 1. The van der Waals surface area contributed by atoms with Crippen molar-refractivity contribution in [1.82, 2.24) is 10.3 Å². The number of methoxy groups -OCH3 is 4. The van der Waals surface area contributed by atoms with Gasteiger partial charge in [-0.1, -0.05) is 30.3 Å². The second-order valence-electron chi connectivity index (χ2n) is 9.30. The van der Waals surface area contributed by atoms with Crippen LogP contribution in [0.2, 0.25) is 0 Å². The highest BCUT2D eigenvalue weighted by atomic mass is 16.5. The van der Waals surface area contributed by atoms with E-state index in [1.165, 1.54) is 0 Å². The van der Waals surface area contributed by atoms with Crippen molar-refractivity contribution >= 4 is 16.8 Å². The predicted octanol–water partition coefficient (Wildman–Crippen LogP) is 4.77. The van der Waals surface area contributed by atoms with Gasteiger partial charge in [-0.25, -0.2) is 0 Å². The third kappa shape index (κ3) is 6.35. The standard InChI is InChI=1S/C31H36N2O6/c1-36-13-7-8-20-11-12-21(22-16-28(37-2)30(39-4)29(17-22)38-3)15-26(20)31(35)33-24(19-34)14-23-18-32-27-10-6-5-9-25(23)27/h5-6,9-12,15-18,24,32,34H,7-8,13-14,19H2,1-4H3,(H,33,35)/t24-/m1/s1. The zero-order chi connectivity index (χ0) is 27.8. The van der Waals surface area contributed by atoms with Crippen molar-refractivity contribution in [3.63, 3.8) is 0 Å². The average molecular weight is 533 g/mol. The molecule has 4 rings (SSSR count). The summed E-state index contributed by atoms with van der Waals surface area (Å²) in [5.41, 5.74) is 5.16.